The second-order valence-corrected chi connectivity index (χ2v) is 8.80. The third kappa shape index (κ3) is 3.97. The number of aliphatic imine (C=N–C) groups is 1. The van der Waals surface area contributed by atoms with Crippen LogP contribution in [0.2, 0.25) is 0 Å². The highest BCUT2D eigenvalue weighted by molar-refractivity contribution is 8.19. The number of carbonyl (C=O) groups excluding carboxylic acids is 1. The van der Waals surface area contributed by atoms with Crippen LogP contribution in [0.5, 0.6) is 5.75 Å². The van der Waals surface area contributed by atoms with E-state index in [-0.39, 0.29) is 11.9 Å². The third-order valence-corrected chi connectivity index (χ3v) is 6.21. The van der Waals surface area contributed by atoms with Crippen LogP contribution in [-0.2, 0) is 11.2 Å². The molecule has 2 heterocycles. The first kappa shape index (κ1) is 19.8. The van der Waals surface area contributed by atoms with Gasteiger partial charge in [0.25, 0.3) is 5.91 Å². The van der Waals surface area contributed by atoms with Gasteiger partial charge < -0.3 is 4.74 Å². The molecule has 0 aliphatic carbocycles. The molecule has 0 bridgehead atoms. The lowest BCUT2D eigenvalue weighted by atomic mass is 10.0. The minimum atomic E-state index is -0.0166. The summed E-state index contributed by atoms with van der Waals surface area (Å²) in [6, 6.07) is 12.3. The van der Waals surface area contributed by atoms with Crippen molar-refractivity contribution in [2.45, 2.75) is 46.6 Å². The molecule has 0 aromatic heterocycles. The van der Waals surface area contributed by atoms with Crippen molar-refractivity contribution in [3.63, 3.8) is 0 Å². The second kappa shape index (κ2) is 8.07. The van der Waals surface area contributed by atoms with Crippen LogP contribution in [0.25, 0.3) is 6.08 Å². The molecule has 4 nitrogen and oxygen atoms in total. The number of hydrogen-bond donors (Lipinski definition) is 0. The number of nitrogens with zero attached hydrogens (tertiary/aromatic N) is 2. The van der Waals surface area contributed by atoms with Crippen LogP contribution in [0.3, 0.4) is 0 Å². The average molecular weight is 407 g/mol. The number of carbonyl (C=O) groups is 1. The van der Waals surface area contributed by atoms with E-state index in [0.29, 0.717) is 4.91 Å². The van der Waals surface area contributed by atoms with Gasteiger partial charge in [0.2, 0.25) is 0 Å². The zero-order chi connectivity index (χ0) is 20.5. The lowest BCUT2D eigenvalue weighted by Crippen LogP contribution is -2.30. The molecule has 5 heteroatoms. The van der Waals surface area contributed by atoms with Crippen molar-refractivity contribution in [1.29, 1.82) is 0 Å². The Morgan fingerprint density at radius 1 is 1.21 bits per heavy atom. The van der Waals surface area contributed by atoms with Gasteiger partial charge in [0.1, 0.15) is 5.75 Å². The number of amidine groups is 1. The van der Waals surface area contributed by atoms with E-state index in [1.807, 2.05) is 44.2 Å². The van der Waals surface area contributed by atoms with Gasteiger partial charge in [0.15, 0.2) is 5.17 Å². The van der Waals surface area contributed by atoms with E-state index >= 15 is 0 Å². The molecule has 2 aliphatic rings. The van der Waals surface area contributed by atoms with Crippen LogP contribution < -0.4 is 9.64 Å². The van der Waals surface area contributed by atoms with Gasteiger partial charge in [0, 0.05) is 6.04 Å². The lowest BCUT2D eigenvalue weighted by molar-refractivity contribution is -0.113. The average Bonchev–Trinajstić information content (AvgIpc) is 2.98. The van der Waals surface area contributed by atoms with E-state index in [4.69, 9.17) is 9.73 Å². The SMILES string of the molecule is Cc1cccc(N2C(=O)/C(=C/c3ccc4c(c3)CCCO4)S/C2=N\C(C)C)c1C. The van der Waals surface area contributed by atoms with Gasteiger partial charge in [-0.1, -0.05) is 18.2 Å². The van der Waals surface area contributed by atoms with Gasteiger partial charge in [-0.3, -0.25) is 14.7 Å². The third-order valence-electron chi connectivity index (χ3n) is 5.22. The molecule has 1 saturated heterocycles. The Hall–Kier alpha value is -2.53. The second-order valence-electron chi connectivity index (χ2n) is 7.79. The summed E-state index contributed by atoms with van der Waals surface area (Å²) in [6.07, 6.45) is 4.03. The molecular weight excluding hydrogens is 380 g/mol. The summed E-state index contributed by atoms with van der Waals surface area (Å²) in [5.41, 5.74) is 5.41. The van der Waals surface area contributed by atoms with Gasteiger partial charge in [-0.25, -0.2) is 0 Å². The van der Waals surface area contributed by atoms with Crippen LogP contribution in [0, 0.1) is 13.8 Å². The normalized spacial score (nSPS) is 19.2. The maximum atomic E-state index is 13.4. The molecule has 2 aromatic rings. The summed E-state index contributed by atoms with van der Waals surface area (Å²) in [7, 11) is 0. The number of aryl methyl sites for hydroxylation is 2. The number of rotatable bonds is 3. The van der Waals surface area contributed by atoms with Crippen molar-refractivity contribution in [2.75, 3.05) is 11.5 Å². The van der Waals surface area contributed by atoms with E-state index in [1.54, 1.807) is 4.90 Å². The van der Waals surface area contributed by atoms with E-state index in [2.05, 4.69) is 26.0 Å². The van der Waals surface area contributed by atoms with Gasteiger partial charge in [-0.2, -0.15) is 0 Å². The molecule has 0 spiro atoms. The molecule has 0 unspecified atom stereocenters. The van der Waals surface area contributed by atoms with Crippen molar-refractivity contribution < 1.29 is 9.53 Å². The van der Waals surface area contributed by atoms with Crippen LogP contribution in [-0.4, -0.2) is 23.7 Å². The quantitative estimate of drug-likeness (QED) is 0.631. The monoisotopic (exact) mass is 406 g/mol. The maximum absolute atomic E-state index is 13.4. The molecule has 0 saturated carbocycles. The van der Waals surface area contributed by atoms with E-state index in [1.165, 1.54) is 17.3 Å². The molecule has 1 fully saturated rings. The predicted octanol–water partition coefficient (Wildman–Crippen LogP) is 5.51. The summed E-state index contributed by atoms with van der Waals surface area (Å²) in [6.45, 7) is 8.97. The molecule has 2 aliphatic heterocycles. The highest BCUT2D eigenvalue weighted by Crippen LogP contribution is 2.38. The fraction of sp³-hybridized carbons (Fsp3) is 0.333. The molecule has 0 N–H and O–H groups in total. The maximum Gasteiger partial charge on any atom is 0.271 e. The van der Waals surface area contributed by atoms with Crippen LogP contribution in [0.1, 0.15) is 42.5 Å². The van der Waals surface area contributed by atoms with Gasteiger partial charge >= 0.3 is 0 Å². The Balaban J connectivity index is 1.74. The summed E-state index contributed by atoms with van der Waals surface area (Å²) >= 11 is 1.45. The molecule has 0 atom stereocenters. The molecule has 2 aromatic carbocycles. The zero-order valence-corrected chi connectivity index (χ0v) is 18.2. The number of benzene rings is 2. The standard InChI is InChI=1S/C24H26N2O2S/c1-15(2)25-24-26(20-9-5-7-16(3)17(20)4)23(27)22(29-24)14-18-10-11-21-19(13-18)8-6-12-28-21/h5,7,9-11,13-15H,6,8,12H2,1-4H3/b22-14-,25-24-. The molecule has 150 valence electrons. The zero-order valence-electron chi connectivity index (χ0n) is 17.4. The molecule has 4 rings (SSSR count). The molecular formula is C24H26N2O2S. The number of amides is 1. The number of hydrogen-bond acceptors (Lipinski definition) is 4. The fourth-order valence-electron chi connectivity index (χ4n) is 3.59. The Morgan fingerprint density at radius 3 is 2.83 bits per heavy atom. The Bertz CT molecular complexity index is 1020. The van der Waals surface area contributed by atoms with Crippen molar-refractivity contribution in [3.05, 3.63) is 63.6 Å². The van der Waals surface area contributed by atoms with Gasteiger partial charge in [-0.15, -0.1) is 0 Å². The number of thioether (sulfide) groups is 1. The van der Waals surface area contributed by atoms with Gasteiger partial charge in [0.05, 0.1) is 17.2 Å². The molecule has 1 amide bonds. The minimum absolute atomic E-state index is 0.0166. The van der Waals surface area contributed by atoms with Crippen LogP contribution in [0.15, 0.2) is 46.3 Å². The topological polar surface area (TPSA) is 41.9 Å². The largest absolute Gasteiger partial charge is 0.493 e. The summed E-state index contributed by atoms with van der Waals surface area (Å²) in [5.74, 6) is 0.944. The first-order valence-corrected chi connectivity index (χ1v) is 10.9. The predicted molar refractivity (Wildman–Crippen MR) is 122 cm³/mol. The Morgan fingerprint density at radius 2 is 2.03 bits per heavy atom. The van der Waals surface area contributed by atoms with Gasteiger partial charge in [-0.05, 0) is 98.8 Å². The van der Waals surface area contributed by atoms with Crippen molar-refractivity contribution >= 4 is 34.6 Å². The Labute approximate surface area is 176 Å². The summed E-state index contributed by atoms with van der Waals surface area (Å²) in [5, 5.41) is 0.742. The highest BCUT2D eigenvalue weighted by Gasteiger charge is 2.35. The first-order valence-electron chi connectivity index (χ1n) is 10.1. The highest BCUT2D eigenvalue weighted by atomic mass is 32.2. The molecule has 0 radical (unpaired) electrons. The molecule has 29 heavy (non-hydrogen) atoms. The van der Waals surface area contributed by atoms with Crippen molar-refractivity contribution in [3.8, 4) is 5.75 Å². The van der Waals surface area contributed by atoms with Crippen LogP contribution >= 0.6 is 11.8 Å². The van der Waals surface area contributed by atoms with Crippen molar-refractivity contribution in [1.82, 2.24) is 0 Å². The minimum Gasteiger partial charge on any atom is -0.493 e. The summed E-state index contributed by atoms with van der Waals surface area (Å²) in [4.78, 5) is 20.6. The van der Waals surface area contributed by atoms with Crippen molar-refractivity contribution in [2.24, 2.45) is 4.99 Å². The number of fused-ring (bicyclic) bond motifs is 1. The van der Waals surface area contributed by atoms with E-state index in [0.717, 1.165) is 52.7 Å². The lowest BCUT2D eigenvalue weighted by Gasteiger charge is -2.20. The number of anilines is 1. The summed E-state index contributed by atoms with van der Waals surface area (Å²) < 4.78 is 5.71. The van der Waals surface area contributed by atoms with E-state index in [9.17, 15) is 4.79 Å². The Kier molecular flexibility index (Phi) is 5.50. The van der Waals surface area contributed by atoms with Crippen LogP contribution in [0.4, 0.5) is 5.69 Å². The first-order chi connectivity index (χ1) is 13.9. The van der Waals surface area contributed by atoms with E-state index < -0.39 is 0 Å². The fourth-order valence-corrected chi connectivity index (χ4v) is 4.70. The smallest absolute Gasteiger partial charge is 0.271 e. The number of ether oxygens (including phenoxy) is 1.